The van der Waals surface area contributed by atoms with Gasteiger partial charge >= 0.3 is 6.03 Å². The summed E-state index contributed by atoms with van der Waals surface area (Å²) < 4.78 is 1.62. The van der Waals surface area contributed by atoms with Crippen LogP contribution in [0.15, 0.2) is 30.9 Å². The highest BCUT2D eigenvalue weighted by Crippen LogP contribution is 2.13. The Morgan fingerprint density at radius 2 is 2.23 bits per heavy atom. The molecule has 1 atom stereocenters. The van der Waals surface area contributed by atoms with Gasteiger partial charge in [-0.2, -0.15) is 5.10 Å². The fourth-order valence-corrected chi connectivity index (χ4v) is 2.43. The summed E-state index contributed by atoms with van der Waals surface area (Å²) in [5, 5.41) is 6.85. The molecule has 3 heterocycles. The second-order valence-electron chi connectivity index (χ2n) is 5.00. The summed E-state index contributed by atoms with van der Waals surface area (Å²) in [6, 6.07) is 2.71. The number of rotatable bonds is 5. The molecular formula is C14H16N6O2. The number of carbonyl (C=O) groups is 2. The highest BCUT2D eigenvalue weighted by atomic mass is 16.2. The van der Waals surface area contributed by atoms with Crippen LogP contribution in [0.3, 0.4) is 0 Å². The highest BCUT2D eigenvalue weighted by Gasteiger charge is 2.38. The zero-order valence-corrected chi connectivity index (χ0v) is 12.1. The first-order valence-electron chi connectivity index (χ1n) is 7.12. The molecule has 8 nitrogen and oxygen atoms in total. The lowest BCUT2D eigenvalue weighted by Crippen LogP contribution is -2.33. The average molecular weight is 300 g/mol. The largest absolute Gasteiger partial charge is 0.325 e. The zero-order chi connectivity index (χ0) is 15.5. The quantitative estimate of drug-likeness (QED) is 0.813. The maximum atomic E-state index is 12.3. The second-order valence-corrected chi connectivity index (χ2v) is 5.00. The lowest BCUT2D eigenvalue weighted by atomic mass is 10.2. The second kappa shape index (κ2) is 5.92. The molecule has 3 amide bonds. The van der Waals surface area contributed by atoms with Gasteiger partial charge in [-0.1, -0.05) is 6.92 Å². The molecule has 1 fully saturated rings. The zero-order valence-electron chi connectivity index (χ0n) is 12.1. The monoisotopic (exact) mass is 300 g/mol. The van der Waals surface area contributed by atoms with Crippen LogP contribution in [0.4, 0.5) is 4.79 Å². The fourth-order valence-electron chi connectivity index (χ4n) is 2.43. The molecule has 0 bridgehead atoms. The Balaban J connectivity index is 1.79. The number of nitrogens with one attached hydrogen (secondary N) is 1. The third-order valence-corrected chi connectivity index (χ3v) is 3.45. The van der Waals surface area contributed by atoms with E-state index in [1.807, 2.05) is 13.0 Å². The van der Waals surface area contributed by atoms with Crippen molar-refractivity contribution in [1.29, 1.82) is 0 Å². The molecule has 0 aromatic carbocycles. The van der Waals surface area contributed by atoms with Gasteiger partial charge in [0.1, 0.15) is 18.2 Å². The predicted octanol–water partition coefficient (Wildman–Crippen LogP) is 0.535. The summed E-state index contributed by atoms with van der Waals surface area (Å²) in [5.74, 6) is 0.387. The van der Waals surface area contributed by atoms with E-state index in [9.17, 15) is 9.59 Å². The van der Waals surface area contributed by atoms with E-state index in [4.69, 9.17) is 0 Å². The Labute approximate surface area is 127 Å². The summed E-state index contributed by atoms with van der Waals surface area (Å²) in [6.07, 6.45) is 5.78. The molecule has 0 saturated carbocycles. The molecule has 0 unspecified atom stereocenters. The number of nitrogens with zero attached hydrogens (tertiary/aromatic N) is 5. The van der Waals surface area contributed by atoms with Gasteiger partial charge in [0.2, 0.25) is 0 Å². The molecule has 3 rings (SSSR count). The smallest absolute Gasteiger partial charge is 0.324 e. The van der Waals surface area contributed by atoms with Crippen molar-refractivity contribution in [3.8, 4) is 5.69 Å². The van der Waals surface area contributed by atoms with E-state index in [1.165, 1.54) is 11.2 Å². The van der Waals surface area contributed by atoms with Crippen LogP contribution in [-0.2, 0) is 11.2 Å². The highest BCUT2D eigenvalue weighted by molar-refractivity contribution is 6.04. The number of pyridine rings is 1. The Kier molecular flexibility index (Phi) is 3.82. The van der Waals surface area contributed by atoms with Crippen molar-refractivity contribution in [2.24, 2.45) is 0 Å². The number of hydrogen-bond acceptors (Lipinski definition) is 5. The maximum absolute atomic E-state index is 12.3. The molecule has 22 heavy (non-hydrogen) atoms. The van der Waals surface area contributed by atoms with Crippen molar-refractivity contribution < 1.29 is 9.59 Å². The van der Waals surface area contributed by atoms with Crippen LogP contribution in [-0.4, -0.2) is 49.2 Å². The van der Waals surface area contributed by atoms with E-state index in [0.717, 1.165) is 12.1 Å². The Morgan fingerprint density at radius 3 is 2.95 bits per heavy atom. The number of amides is 3. The van der Waals surface area contributed by atoms with Gasteiger partial charge in [0.15, 0.2) is 0 Å². The van der Waals surface area contributed by atoms with Gasteiger partial charge in [0, 0.05) is 19.2 Å². The molecular weight excluding hydrogens is 284 g/mol. The van der Waals surface area contributed by atoms with Crippen molar-refractivity contribution >= 4 is 11.9 Å². The van der Waals surface area contributed by atoms with Crippen molar-refractivity contribution in [2.45, 2.75) is 25.8 Å². The van der Waals surface area contributed by atoms with Gasteiger partial charge in [-0.15, -0.1) is 0 Å². The van der Waals surface area contributed by atoms with Gasteiger partial charge in [0.25, 0.3) is 5.91 Å². The van der Waals surface area contributed by atoms with Crippen LogP contribution in [0.1, 0.15) is 19.2 Å². The average Bonchev–Trinajstić information content (AvgIpc) is 3.09. The van der Waals surface area contributed by atoms with E-state index in [0.29, 0.717) is 18.8 Å². The minimum absolute atomic E-state index is 0.215. The van der Waals surface area contributed by atoms with E-state index in [2.05, 4.69) is 20.4 Å². The Morgan fingerprint density at radius 1 is 1.36 bits per heavy atom. The van der Waals surface area contributed by atoms with Gasteiger partial charge in [-0.05, 0) is 18.6 Å². The summed E-state index contributed by atoms with van der Waals surface area (Å²) >= 11 is 0. The number of carbonyl (C=O) groups excluding carboxylic acids is 2. The summed E-state index contributed by atoms with van der Waals surface area (Å²) in [5.41, 5.74) is 0.761. The van der Waals surface area contributed by atoms with Crippen LogP contribution in [0.2, 0.25) is 0 Å². The normalized spacial score (nSPS) is 17.9. The predicted molar refractivity (Wildman–Crippen MR) is 77.2 cm³/mol. The van der Waals surface area contributed by atoms with Crippen molar-refractivity contribution in [2.75, 3.05) is 6.54 Å². The van der Waals surface area contributed by atoms with Gasteiger partial charge in [-0.3, -0.25) is 14.7 Å². The third kappa shape index (κ3) is 2.54. The third-order valence-electron chi connectivity index (χ3n) is 3.45. The molecule has 0 spiro atoms. The number of urea groups is 1. The number of imide groups is 1. The van der Waals surface area contributed by atoms with Crippen LogP contribution in [0.25, 0.3) is 5.69 Å². The lowest BCUT2D eigenvalue weighted by Gasteiger charge is -2.11. The van der Waals surface area contributed by atoms with E-state index >= 15 is 0 Å². The number of aromatic nitrogens is 4. The molecule has 1 saturated heterocycles. The molecule has 8 heteroatoms. The molecule has 114 valence electrons. The first kappa shape index (κ1) is 14.2. The molecule has 1 aliphatic heterocycles. The van der Waals surface area contributed by atoms with Gasteiger partial charge in [-0.25, -0.2) is 14.5 Å². The lowest BCUT2D eigenvalue weighted by molar-refractivity contribution is -0.127. The topological polar surface area (TPSA) is 93.0 Å². The minimum Gasteiger partial charge on any atom is -0.325 e. The molecule has 2 aromatic rings. The molecule has 0 radical (unpaired) electrons. The number of hydrogen-bond donors (Lipinski definition) is 1. The summed E-state index contributed by atoms with van der Waals surface area (Å²) in [6.45, 7) is 2.35. The SMILES string of the molecule is CCCN1C(=O)N[C@@H](Cc2ncnn2-c2cccnc2)C1=O. The van der Waals surface area contributed by atoms with Crippen LogP contribution in [0, 0.1) is 0 Å². The maximum Gasteiger partial charge on any atom is 0.324 e. The first-order valence-corrected chi connectivity index (χ1v) is 7.12. The Hall–Kier alpha value is -2.77. The van der Waals surface area contributed by atoms with Crippen molar-refractivity contribution in [3.05, 3.63) is 36.7 Å². The first-order chi connectivity index (χ1) is 10.7. The molecule has 2 aromatic heterocycles. The van der Waals surface area contributed by atoms with Crippen molar-refractivity contribution in [1.82, 2.24) is 30.0 Å². The summed E-state index contributed by atoms with van der Waals surface area (Å²) in [7, 11) is 0. The van der Waals surface area contributed by atoms with Crippen LogP contribution in [0.5, 0.6) is 0 Å². The van der Waals surface area contributed by atoms with E-state index in [1.54, 1.807) is 23.1 Å². The van der Waals surface area contributed by atoms with Gasteiger partial charge in [0.05, 0.1) is 11.9 Å². The fraction of sp³-hybridized carbons (Fsp3) is 0.357. The van der Waals surface area contributed by atoms with E-state index < -0.39 is 6.04 Å². The standard InChI is InChI=1S/C14H16N6O2/c1-2-6-19-13(21)11(18-14(19)22)7-12-16-9-17-20(12)10-4-3-5-15-8-10/h3-5,8-9,11H,2,6-7H2,1H3,(H,18,22)/t11-/m0/s1. The van der Waals surface area contributed by atoms with Crippen molar-refractivity contribution in [3.63, 3.8) is 0 Å². The molecule has 1 N–H and O–H groups in total. The van der Waals surface area contributed by atoms with Gasteiger partial charge < -0.3 is 5.32 Å². The molecule has 0 aliphatic carbocycles. The van der Waals surface area contributed by atoms with E-state index in [-0.39, 0.29) is 11.9 Å². The minimum atomic E-state index is -0.598. The van der Waals surface area contributed by atoms with Crippen LogP contribution >= 0.6 is 0 Å². The summed E-state index contributed by atoms with van der Waals surface area (Å²) in [4.78, 5) is 33.5. The Bertz CT molecular complexity index is 684. The molecule has 1 aliphatic rings. The van der Waals surface area contributed by atoms with Crippen LogP contribution < -0.4 is 5.32 Å².